The Morgan fingerprint density at radius 2 is 2.10 bits per heavy atom. The van der Waals surface area contributed by atoms with Crippen LogP contribution in [0, 0.1) is 0 Å². The van der Waals surface area contributed by atoms with Crippen molar-refractivity contribution < 1.29 is 23.1 Å². The number of hydrogen-bond acceptors (Lipinski definition) is 5. The van der Waals surface area contributed by atoms with E-state index in [4.69, 9.17) is 10.2 Å². The van der Waals surface area contributed by atoms with E-state index >= 15 is 0 Å². The highest BCUT2D eigenvalue weighted by atomic mass is 32.2. The van der Waals surface area contributed by atoms with E-state index in [1.54, 1.807) is 12.1 Å². The van der Waals surface area contributed by atoms with E-state index in [0.29, 0.717) is 9.75 Å². The summed E-state index contributed by atoms with van der Waals surface area (Å²) in [4.78, 5) is 23.1. The molecule has 0 radical (unpaired) electrons. The first-order valence-electron chi connectivity index (χ1n) is 5.57. The first-order chi connectivity index (χ1) is 9.28. The van der Waals surface area contributed by atoms with Gasteiger partial charge in [-0.05, 0) is 24.6 Å². The molecule has 1 heterocycles. The molecule has 4 N–H and O–H groups in total. The van der Waals surface area contributed by atoms with Crippen molar-refractivity contribution in [2.75, 3.05) is 12.3 Å². The summed E-state index contributed by atoms with van der Waals surface area (Å²) in [7, 11) is -3.51. The summed E-state index contributed by atoms with van der Waals surface area (Å²) < 4.78 is 21.4. The van der Waals surface area contributed by atoms with Gasteiger partial charge in [-0.15, -0.1) is 11.3 Å². The van der Waals surface area contributed by atoms with Gasteiger partial charge in [0.2, 0.25) is 10.0 Å². The molecule has 0 unspecified atom stereocenters. The Kier molecular flexibility index (Phi) is 5.86. The second-order valence-electron chi connectivity index (χ2n) is 3.85. The summed E-state index contributed by atoms with van der Waals surface area (Å²) in [5.74, 6) is -1.59. The van der Waals surface area contributed by atoms with Crippen molar-refractivity contribution >= 4 is 39.3 Å². The van der Waals surface area contributed by atoms with Gasteiger partial charge in [-0.3, -0.25) is 4.79 Å². The molecule has 1 amide bonds. The minimum absolute atomic E-state index is 0.190. The fourth-order valence-electron chi connectivity index (χ4n) is 1.28. The molecule has 0 bridgehead atoms. The number of nitrogens with two attached hydrogens (primary N) is 1. The number of carbonyl (C=O) groups excluding carboxylic acids is 1. The second kappa shape index (κ2) is 7.17. The summed E-state index contributed by atoms with van der Waals surface area (Å²) in [5, 5.41) is 15.9. The lowest BCUT2D eigenvalue weighted by Crippen LogP contribution is -2.26. The molecule has 0 atom stereocenters. The molecule has 7 nitrogen and oxygen atoms in total. The number of nitrogens with one attached hydrogen (secondary N) is 1. The number of rotatable bonds is 7. The Hall–Kier alpha value is -1.71. The number of carbonyl (C=O) groups is 2. The highest BCUT2D eigenvalue weighted by molar-refractivity contribution is 7.89. The van der Waals surface area contributed by atoms with Crippen LogP contribution in [0.1, 0.15) is 21.0 Å². The number of thiophene rings is 1. The predicted octanol–water partition coefficient (Wildman–Crippen LogP) is 0.254. The molecular weight excluding hydrogens is 304 g/mol. The Morgan fingerprint density at radius 1 is 1.40 bits per heavy atom. The Bertz CT molecular complexity index is 619. The third kappa shape index (κ3) is 6.45. The van der Waals surface area contributed by atoms with Gasteiger partial charge in [0.15, 0.2) is 0 Å². The number of hydrogen-bond donors (Lipinski definition) is 3. The average molecular weight is 318 g/mol. The second-order valence-corrected chi connectivity index (χ2v) is 6.70. The van der Waals surface area contributed by atoms with E-state index in [9.17, 15) is 18.0 Å². The normalized spacial score (nSPS) is 11.7. The summed E-state index contributed by atoms with van der Waals surface area (Å²) in [6, 6.07) is 3.20. The van der Waals surface area contributed by atoms with Crippen LogP contribution in [0.2, 0.25) is 0 Å². The lowest BCUT2D eigenvalue weighted by molar-refractivity contribution is -0.131. The minimum Gasteiger partial charge on any atom is -0.478 e. The van der Waals surface area contributed by atoms with E-state index in [-0.39, 0.29) is 24.6 Å². The van der Waals surface area contributed by atoms with Crippen LogP contribution in [0.5, 0.6) is 0 Å². The monoisotopic (exact) mass is 318 g/mol. The highest BCUT2D eigenvalue weighted by Crippen LogP contribution is 2.17. The fourth-order valence-corrected chi connectivity index (χ4v) is 2.65. The first kappa shape index (κ1) is 16.3. The van der Waals surface area contributed by atoms with Gasteiger partial charge >= 0.3 is 5.97 Å². The molecule has 20 heavy (non-hydrogen) atoms. The molecule has 0 aliphatic heterocycles. The molecular formula is C11H14N2O5S2. The number of carboxylic acid groups (broad SMARTS) is 1. The SMILES string of the molecule is NS(=O)(=O)CCCNC(=O)c1ccc(C=CC(=O)O)s1. The topological polar surface area (TPSA) is 127 Å². The van der Waals surface area contributed by atoms with Crippen LogP contribution >= 0.6 is 11.3 Å². The van der Waals surface area contributed by atoms with Crippen molar-refractivity contribution in [3.63, 3.8) is 0 Å². The van der Waals surface area contributed by atoms with E-state index in [1.165, 1.54) is 6.08 Å². The van der Waals surface area contributed by atoms with Gasteiger partial charge in [-0.25, -0.2) is 18.4 Å². The zero-order valence-electron chi connectivity index (χ0n) is 10.4. The molecule has 9 heteroatoms. The molecule has 0 aliphatic carbocycles. The van der Waals surface area contributed by atoms with Crippen LogP contribution in [0.3, 0.4) is 0 Å². The van der Waals surface area contributed by atoms with Gasteiger partial charge in [0.25, 0.3) is 5.91 Å². The van der Waals surface area contributed by atoms with Crippen LogP contribution in [-0.4, -0.2) is 37.7 Å². The molecule has 0 aromatic carbocycles. The summed E-state index contributed by atoms with van der Waals surface area (Å²) in [6.45, 7) is 0.202. The number of amides is 1. The third-order valence-electron chi connectivity index (χ3n) is 2.13. The van der Waals surface area contributed by atoms with Gasteiger partial charge in [0.05, 0.1) is 10.6 Å². The summed E-state index contributed by atoms with van der Waals surface area (Å²) >= 11 is 1.14. The van der Waals surface area contributed by atoms with Crippen LogP contribution in [-0.2, 0) is 14.8 Å². The predicted molar refractivity (Wildman–Crippen MR) is 75.9 cm³/mol. The number of carboxylic acids is 1. The molecule has 1 rings (SSSR count). The lowest BCUT2D eigenvalue weighted by Gasteiger charge is -2.02. The Morgan fingerprint density at radius 3 is 2.70 bits per heavy atom. The maximum absolute atomic E-state index is 11.7. The van der Waals surface area contributed by atoms with E-state index in [0.717, 1.165) is 17.4 Å². The van der Waals surface area contributed by atoms with Crippen molar-refractivity contribution in [1.29, 1.82) is 0 Å². The van der Waals surface area contributed by atoms with Crippen molar-refractivity contribution in [2.45, 2.75) is 6.42 Å². The number of sulfonamides is 1. The van der Waals surface area contributed by atoms with Crippen molar-refractivity contribution in [3.05, 3.63) is 28.0 Å². The van der Waals surface area contributed by atoms with Crippen LogP contribution < -0.4 is 10.5 Å². The van der Waals surface area contributed by atoms with Crippen LogP contribution in [0.25, 0.3) is 6.08 Å². The maximum atomic E-state index is 11.7. The lowest BCUT2D eigenvalue weighted by atomic mass is 10.3. The van der Waals surface area contributed by atoms with Crippen molar-refractivity contribution in [3.8, 4) is 0 Å². The van der Waals surface area contributed by atoms with E-state index in [1.807, 2.05) is 0 Å². The largest absolute Gasteiger partial charge is 0.478 e. The summed E-state index contributed by atoms with van der Waals surface area (Å²) in [6.07, 6.45) is 2.62. The van der Waals surface area contributed by atoms with Gasteiger partial charge in [-0.1, -0.05) is 0 Å². The van der Waals surface area contributed by atoms with Crippen molar-refractivity contribution in [2.24, 2.45) is 5.14 Å². The van der Waals surface area contributed by atoms with Gasteiger partial charge < -0.3 is 10.4 Å². The molecule has 0 saturated carbocycles. The minimum atomic E-state index is -3.51. The first-order valence-corrected chi connectivity index (χ1v) is 8.10. The highest BCUT2D eigenvalue weighted by Gasteiger charge is 2.08. The third-order valence-corrected chi connectivity index (χ3v) is 4.04. The molecule has 0 saturated heterocycles. The zero-order chi connectivity index (χ0) is 15.2. The molecule has 1 aromatic rings. The van der Waals surface area contributed by atoms with Gasteiger partial charge in [0, 0.05) is 17.5 Å². The molecule has 0 aliphatic rings. The van der Waals surface area contributed by atoms with E-state index in [2.05, 4.69) is 5.32 Å². The molecule has 0 fully saturated rings. The molecule has 0 spiro atoms. The fraction of sp³-hybridized carbons (Fsp3) is 0.273. The standard InChI is InChI=1S/C11H14N2O5S2/c12-20(17,18)7-1-6-13-11(16)9-4-2-8(19-9)3-5-10(14)15/h2-5H,1,6-7H2,(H,13,16)(H,14,15)(H2,12,17,18). The quantitative estimate of drug-likeness (QED) is 0.491. The van der Waals surface area contributed by atoms with E-state index < -0.39 is 16.0 Å². The Balaban J connectivity index is 2.46. The number of aliphatic carboxylic acids is 1. The molecule has 110 valence electrons. The number of primary sulfonamides is 1. The smallest absolute Gasteiger partial charge is 0.328 e. The summed E-state index contributed by atoms with van der Waals surface area (Å²) in [5.41, 5.74) is 0. The van der Waals surface area contributed by atoms with Crippen LogP contribution in [0.4, 0.5) is 0 Å². The zero-order valence-corrected chi connectivity index (χ0v) is 12.0. The maximum Gasteiger partial charge on any atom is 0.328 e. The average Bonchev–Trinajstić information content (AvgIpc) is 2.79. The molecule has 1 aromatic heterocycles. The van der Waals surface area contributed by atoms with Crippen molar-refractivity contribution in [1.82, 2.24) is 5.32 Å². The Labute approximate surface area is 120 Å². The van der Waals surface area contributed by atoms with Gasteiger partial charge in [0.1, 0.15) is 0 Å². The van der Waals surface area contributed by atoms with Gasteiger partial charge in [-0.2, -0.15) is 0 Å². The van der Waals surface area contributed by atoms with Crippen LogP contribution in [0.15, 0.2) is 18.2 Å².